The van der Waals surface area contributed by atoms with Gasteiger partial charge in [-0.05, 0) is 24.8 Å². The number of carbonyl (C=O) groups excluding carboxylic acids is 1. The smallest absolute Gasteiger partial charge is 0.332 e. The molecule has 102 valence electrons. The maximum atomic E-state index is 11.8. The topological polar surface area (TPSA) is 75.6 Å². The van der Waals surface area contributed by atoms with Crippen molar-refractivity contribution in [2.75, 3.05) is 6.54 Å². The molecule has 1 amide bonds. The zero-order valence-corrected chi connectivity index (χ0v) is 10.5. The second-order valence-corrected chi connectivity index (χ2v) is 4.56. The minimum Gasteiger partial charge on any atom is -0.479 e. The Balaban J connectivity index is 1.72. The van der Waals surface area contributed by atoms with Gasteiger partial charge in [0.2, 0.25) is 5.91 Å². The Kier molecular flexibility index (Phi) is 4.52. The third kappa shape index (κ3) is 3.79. The first-order valence-electron chi connectivity index (χ1n) is 6.36. The summed E-state index contributed by atoms with van der Waals surface area (Å²) in [5, 5.41) is 11.6. The Bertz CT molecular complexity index is 446. The maximum absolute atomic E-state index is 11.8. The number of carboxylic acid groups (broad SMARTS) is 1. The number of carbonyl (C=O) groups is 2. The van der Waals surface area contributed by atoms with Crippen molar-refractivity contribution in [3.8, 4) is 0 Å². The van der Waals surface area contributed by atoms with Gasteiger partial charge in [0.15, 0.2) is 6.10 Å². The van der Waals surface area contributed by atoms with Crippen LogP contribution in [0.1, 0.15) is 18.4 Å². The molecule has 0 bridgehead atoms. The van der Waals surface area contributed by atoms with E-state index >= 15 is 0 Å². The zero-order chi connectivity index (χ0) is 13.7. The predicted molar refractivity (Wildman–Crippen MR) is 68.7 cm³/mol. The molecule has 0 radical (unpaired) electrons. The van der Waals surface area contributed by atoms with Gasteiger partial charge in [0.05, 0.1) is 0 Å². The minimum absolute atomic E-state index is 0.223. The van der Waals surface area contributed by atoms with E-state index < -0.39 is 18.2 Å². The Morgan fingerprint density at radius 1 is 1.21 bits per heavy atom. The fourth-order valence-corrected chi connectivity index (χ4v) is 2.10. The Morgan fingerprint density at radius 2 is 1.89 bits per heavy atom. The van der Waals surface area contributed by atoms with Crippen molar-refractivity contribution in [2.45, 2.75) is 31.5 Å². The average Bonchev–Trinajstić information content (AvgIpc) is 2.89. The lowest BCUT2D eigenvalue weighted by atomic mass is 10.1. The van der Waals surface area contributed by atoms with Gasteiger partial charge < -0.3 is 15.2 Å². The molecule has 5 heteroatoms. The van der Waals surface area contributed by atoms with Crippen LogP contribution in [0.4, 0.5) is 0 Å². The molecule has 1 saturated heterocycles. The van der Waals surface area contributed by atoms with Crippen LogP contribution in [0.15, 0.2) is 30.3 Å². The van der Waals surface area contributed by atoms with E-state index in [9.17, 15) is 9.59 Å². The molecular formula is C14H17NO4. The summed E-state index contributed by atoms with van der Waals surface area (Å²) in [5.41, 5.74) is 1.15. The van der Waals surface area contributed by atoms with Crippen LogP contribution in [0, 0.1) is 0 Å². The van der Waals surface area contributed by atoms with Crippen molar-refractivity contribution in [1.29, 1.82) is 0 Å². The van der Waals surface area contributed by atoms with Crippen LogP contribution in [0.3, 0.4) is 0 Å². The molecule has 0 spiro atoms. The Morgan fingerprint density at radius 3 is 2.53 bits per heavy atom. The lowest BCUT2D eigenvalue weighted by Gasteiger charge is -2.11. The largest absolute Gasteiger partial charge is 0.479 e. The number of rotatable bonds is 5. The molecule has 0 aliphatic carbocycles. The number of ether oxygens (including phenoxy) is 1. The zero-order valence-electron chi connectivity index (χ0n) is 10.5. The predicted octanol–water partition coefficient (Wildman–Crippen LogP) is 0.977. The van der Waals surface area contributed by atoms with E-state index in [4.69, 9.17) is 9.84 Å². The summed E-state index contributed by atoms with van der Waals surface area (Å²) in [6.45, 7) is 0.528. The molecule has 2 rings (SSSR count). The number of aliphatic carboxylic acids is 1. The van der Waals surface area contributed by atoms with Crippen molar-refractivity contribution in [3.05, 3.63) is 35.9 Å². The van der Waals surface area contributed by atoms with Crippen molar-refractivity contribution in [2.24, 2.45) is 0 Å². The molecule has 1 aliphatic rings. The molecule has 2 N–H and O–H groups in total. The van der Waals surface area contributed by atoms with E-state index in [1.54, 1.807) is 0 Å². The lowest BCUT2D eigenvalue weighted by molar-refractivity contribution is -0.151. The fourth-order valence-electron chi connectivity index (χ4n) is 2.10. The van der Waals surface area contributed by atoms with Gasteiger partial charge in [0.1, 0.15) is 6.10 Å². The normalized spacial score (nSPS) is 22.1. The standard InChI is InChI=1S/C14H17NO4/c16-13(11-6-7-12(19-11)14(17)18)15-9-8-10-4-2-1-3-5-10/h1-5,11-12H,6-9H2,(H,15,16)(H,17,18). The highest BCUT2D eigenvalue weighted by atomic mass is 16.5. The fraction of sp³-hybridized carbons (Fsp3) is 0.429. The van der Waals surface area contributed by atoms with Gasteiger partial charge in [-0.15, -0.1) is 0 Å². The number of hydrogen-bond donors (Lipinski definition) is 2. The Labute approximate surface area is 111 Å². The van der Waals surface area contributed by atoms with Gasteiger partial charge >= 0.3 is 5.97 Å². The van der Waals surface area contributed by atoms with Gasteiger partial charge in [-0.25, -0.2) is 4.79 Å². The molecule has 0 saturated carbocycles. The second kappa shape index (κ2) is 6.33. The molecule has 1 aliphatic heterocycles. The minimum atomic E-state index is -1.00. The highest BCUT2D eigenvalue weighted by Gasteiger charge is 2.34. The maximum Gasteiger partial charge on any atom is 0.332 e. The first kappa shape index (κ1) is 13.5. The van der Waals surface area contributed by atoms with Crippen molar-refractivity contribution < 1.29 is 19.4 Å². The molecule has 19 heavy (non-hydrogen) atoms. The van der Waals surface area contributed by atoms with Crippen LogP contribution in [-0.2, 0) is 20.7 Å². The molecule has 1 fully saturated rings. The van der Waals surface area contributed by atoms with Crippen LogP contribution in [-0.4, -0.2) is 35.7 Å². The molecule has 2 unspecified atom stereocenters. The summed E-state index contributed by atoms with van der Waals surface area (Å²) in [4.78, 5) is 22.5. The van der Waals surface area contributed by atoms with Gasteiger partial charge in [-0.1, -0.05) is 30.3 Å². The number of hydrogen-bond acceptors (Lipinski definition) is 3. The first-order valence-corrected chi connectivity index (χ1v) is 6.36. The van der Waals surface area contributed by atoms with Crippen LogP contribution in [0.2, 0.25) is 0 Å². The van der Waals surface area contributed by atoms with E-state index in [2.05, 4.69) is 5.32 Å². The third-order valence-corrected chi connectivity index (χ3v) is 3.14. The average molecular weight is 263 g/mol. The number of nitrogens with one attached hydrogen (secondary N) is 1. The number of carboxylic acids is 1. The molecule has 1 aromatic rings. The van der Waals surface area contributed by atoms with Gasteiger partial charge in [0.25, 0.3) is 0 Å². The summed E-state index contributed by atoms with van der Waals surface area (Å²) in [6, 6.07) is 9.85. The molecular weight excluding hydrogens is 246 g/mol. The van der Waals surface area contributed by atoms with Crippen LogP contribution < -0.4 is 5.32 Å². The first-order chi connectivity index (χ1) is 9.16. The third-order valence-electron chi connectivity index (χ3n) is 3.14. The van der Waals surface area contributed by atoms with E-state index in [-0.39, 0.29) is 5.91 Å². The quantitative estimate of drug-likeness (QED) is 0.830. The van der Waals surface area contributed by atoms with Gasteiger partial charge in [-0.2, -0.15) is 0 Å². The van der Waals surface area contributed by atoms with Crippen LogP contribution >= 0.6 is 0 Å². The van der Waals surface area contributed by atoms with Crippen molar-refractivity contribution in [3.63, 3.8) is 0 Å². The summed E-state index contributed by atoms with van der Waals surface area (Å²) in [6.07, 6.45) is 0.142. The summed E-state index contributed by atoms with van der Waals surface area (Å²) in [7, 11) is 0. The summed E-state index contributed by atoms with van der Waals surface area (Å²) >= 11 is 0. The highest BCUT2D eigenvalue weighted by Crippen LogP contribution is 2.19. The molecule has 5 nitrogen and oxygen atoms in total. The van der Waals surface area contributed by atoms with E-state index in [1.165, 1.54) is 0 Å². The highest BCUT2D eigenvalue weighted by molar-refractivity contribution is 5.82. The van der Waals surface area contributed by atoms with E-state index in [1.807, 2.05) is 30.3 Å². The SMILES string of the molecule is O=C(O)C1CCC(C(=O)NCCc2ccccc2)O1. The number of benzene rings is 1. The van der Waals surface area contributed by atoms with E-state index in [0.29, 0.717) is 19.4 Å². The second-order valence-electron chi connectivity index (χ2n) is 4.56. The lowest BCUT2D eigenvalue weighted by Crippen LogP contribution is -2.36. The molecule has 2 atom stereocenters. The van der Waals surface area contributed by atoms with Gasteiger partial charge in [0, 0.05) is 6.54 Å². The van der Waals surface area contributed by atoms with Crippen LogP contribution in [0.5, 0.6) is 0 Å². The molecule has 1 heterocycles. The van der Waals surface area contributed by atoms with Crippen molar-refractivity contribution >= 4 is 11.9 Å². The molecule has 0 aromatic heterocycles. The molecule has 1 aromatic carbocycles. The summed E-state index contributed by atoms with van der Waals surface area (Å²) < 4.78 is 5.18. The summed E-state index contributed by atoms with van der Waals surface area (Å²) in [5.74, 6) is -1.22. The monoisotopic (exact) mass is 263 g/mol. The van der Waals surface area contributed by atoms with E-state index in [0.717, 1.165) is 12.0 Å². The Hall–Kier alpha value is -1.88. The van der Waals surface area contributed by atoms with Crippen molar-refractivity contribution in [1.82, 2.24) is 5.32 Å². The van der Waals surface area contributed by atoms with Gasteiger partial charge in [-0.3, -0.25) is 4.79 Å². The number of amides is 1. The van der Waals surface area contributed by atoms with Crippen LogP contribution in [0.25, 0.3) is 0 Å².